The normalized spacial score (nSPS) is 19.0. The van der Waals surface area contributed by atoms with Crippen molar-refractivity contribution in [2.75, 3.05) is 19.1 Å². The topological polar surface area (TPSA) is 66.0 Å². The van der Waals surface area contributed by atoms with Crippen molar-refractivity contribution in [2.24, 2.45) is 0 Å². The minimum absolute atomic E-state index is 0.395. The maximum absolute atomic E-state index is 6.11. The lowest BCUT2D eigenvalue weighted by atomic mass is 10.00. The van der Waals surface area contributed by atoms with Crippen LogP contribution in [0.3, 0.4) is 0 Å². The minimum Gasteiger partial charge on any atom is -0.381 e. The van der Waals surface area contributed by atoms with Crippen LogP contribution in [0.25, 0.3) is 0 Å². The number of rotatable bonds is 5. The summed E-state index contributed by atoms with van der Waals surface area (Å²) in [5.41, 5.74) is 0. The Morgan fingerprint density at radius 2 is 2.17 bits per heavy atom. The number of ether oxygens (including phenoxy) is 1. The van der Waals surface area contributed by atoms with Gasteiger partial charge in [0.2, 0.25) is 5.16 Å². The molecule has 1 atom stereocenters. The molecule has 0 saturated carbocycles. The van der Waals surface area contributed by atoms with E-state index in [0.29, 0.717) is 11.2 Å². The highest BCUT2D eigenvalue weighted by Crippen LogP contribution is 2.29. The van der Waals surface area contributed by atoms with Gasteiger partial charge in [0.05, 0.1) is 0 Å². The molecular weight excluding hydrogens is 248 g/mol. The van der Waals surface area contributed by atoms with E-state index in [2.05, 4.69) is 24.0 Å². The second-order valence-electron chi connectivity index (χ2n) is 4.81. The van der Waals surface area contributed by atoms with Crippen molar-refractivity contribution in [1.29, 1.82) is 0 Å². The molecule has 1 saturated heterocycles. The Morgan fingerprint density at radius 1 is 1.44 bits per heavy atom. The molecule has 1 aromatic heterocycles. The third-order valence-corrected chi connectivity index (χ3v) is 4.41. The number of thioether (sulfide) groups is 1. The van der Waals surface area contributed by atoms with Crippen LogP contribution in [-0.4, -0.2) is 33.3 Å². The van der Waals surface area contributed by atoms with E-state index < -0.39 is 0 Å². The first-order chi connectivity index (χ1) is 8.72. The largest absolute Gasteiger partial charge is 0.381 e. The summed E-state index contributed by atoms with van der Waals surface area (Å²) in [6, 6.07) is 0. The average molecular weight is 270 g/mol. The van der Waals surface area contributed by atoms with Gasteiger partial charge in [0.25, 0.3) is 0 Å². The number of nitrogens with two attached hydrogens (primary N) is 1. The number of hydrogen-bond acceptors (Lipinski definition) is 5. The third-order valence-electron chi connectivity index (χ3n) is 3.28. The maximum Gasteiger partial charge on any atom is 0.210 e. The van der Waals surface area contributed by atoms with Crippen LogP contribution >= 0.6 is 11.8 Å². The van der Waals surface area contributed by atoms with E-state index in [1.54, 1.807) is 16.4 Å². The summed E-state index contributed by atoms with van der Waals surface area (Å²) >= 11 is 1.71. The first-order valence-corrected chi connectivity index (χ1v) is 7.55. The third kappa shape index (κ3) is 3.17. The summed E-state index contributed by atoms with van der Waals surface area (Å²) in [6.07, 6.45) is 4.33. The highest BCUT2D eigenvalue weighted by molar-refractivity contribution is 7.99. The Hall–Kier alpha value is -0.750. The zero-order chi connectivity index (χ0) is 13.0. The summed E-state index contributed by atoms with van der Waals surface area (Å²) in [7, 11) is 0. The van der Waals surface area contributed by atoms with Gasteiger partial charge in [-0.2, -0.15) is 0 Å². The summed E-state index contributed by atoms with van der Waals surface area (Å²) in [5.74, 6) is 7.41. The molecule has 1 aliphatic heterocycles. The Labute approximate surface area is 112 Å². The van der Waals surface area contributed by atoms with E-state index in [-0.39, 0.29) is 0 Å². The molecule has 0 bridgehead atoms. The van der Waals surface area contributed by atoms with Crippen LogP contribution in [0.5, 0.6) is 0 Å². The Balaban J connectivity index is 2.03. The highest BCUT2D eigenvalue weighted by atomic mass is 32.2. The van der Waals surface area contributed by atoms with Crippen molar-refractivity contribution >= 4 is 11.8 Å². The van der Waals surface area contributed by atoms with Crippen LogP contribution in [0.1, 0.15) is 51.3 Å². The van der Waals surface area contributed by atoms with E-state index in [1.165, 1.54) is 12.8 Å². The van der Waals surface area contributed by atoms with Gasteiger partial charge >= 0.3 is 0 Å². The van der Waals surface area contributed by atoms with E-state index in [9.17, 15) is 0 Å². The highest BCUT2D eigenvalue weighted by Gasteiger charge is 2.23. The van der Waals surface area contributed by atoms with Gasteiger partial charge in [-0.05, 0) is 19.3 Å². The van der Waals surface area contributed by atoms with E-state index in [1.807, 2.05) is 0 Å². The van der Waals surface area contributed by atoms with Gasteiger partial charge < -0.3 is 10.6 Å². The second kappa shape index (κ2) is 6.43. The molecule has 1 aromatic rings. The smallest absolute Gasteiger partial charge is 0.210 e. The standard InChI is InChI=1S/C12H22N4OS/c1-3-4-9(2)18-12-15-14-11(16(12)13)10-5-7-17-8-6-10/h9-10H,3-8,13H2,1-2H3. The summed E-state index contributed by atoms with van der Waals surface area (Å²) in [4.78, 5) is 0. The Kier molecular flexibility index (Phi) is 4.88. The van der Waals surface area contributed by atoms with Crippen molar-refractivity contribution in [2.45, 2.75) is 55.9 Å². The molecule has 1 unspecified atom stereocenters. The molecule has 1 fully saturated rings. The molecule has 6 heteroatoms. The molecule has 0 radical (unpaired) electrons. The monoisotopic (exact) mass is 270 g/mol. The number of hydrogen-bond donors (Lipinski definition) is 1. The SMILES string of the molecule is CCCC(C)Sc1nnc(C2CCOCC2)n1N. The molecule has 0 spiro atoms. The lowest BCUT2D eigenvalue weighted by molar-refractivity contribution is 0.0830. The van der Waals surface area contributed by atoms with Gasteiger partial charge in [-0.25, -0.2) is 4.68 Å². The Bertz CT molecular complexity index is 376. The number of nitrogen functional groups attached to an aromatic ring is 1. The van der Waals surface area contributed by atoms with E-state index in [0.717, 1.165) is 37.0 Å². The van der Waals surface area contributed by atoms with Crippen LogP contribution in [0.2, 0.25) is 0 Å². The summed E-state index contributed by atoms with van der Waals surface area (Å²) < 4.78 is 7.03. The first-order valence-electron chi connectivity index (χ1n) is 6.67. The van der Waals surface area contributed by atoms with Gasteiger partial charge in [-0.3, -0.25) is 0 Å². The molecule has 2 rings (SSSR count). The molecule has 102 valence electrons. The quantitative estimate of drug-likeness (QED) is 0.656. The molecule has 5 nitrogen and oxygen atoms in total. The van der Waals surface area contributed by atoms with Crippen molar-refractivity contribution in [3.05, 3.63) is 5.82 Å². The van der Waals surface area contributed by atoms with Crippen LogP contribution in [0.15, 0.2) is 5.16 Å². The van der Waals surface area contributed by atoms with Crippen molar-refractivity contribution < 1.29 is 4.74 Å². The average Bonchev–Trinajstić information content (AvgIpc) is 2.72. The zero-order valence-electron chi connectivity index (χ0n) is 11.1. The fourth-order valence-electron chi connectivity index (χ4n) is 2.25. The minimum atomic E-state index is 0.395. The predicted molar refractivity (Wildman–Crippen MR) is 73.2 cm³/mol. The van der Waals surface area contributed by atoms with Crippen molar-refractivity contribution in [3.8, 4) is 0 Å². The lowest BCUT2D eigenvalue weighted by Gasteiger charge is -2.20. The molecule has 0 aliphatic carbocycles. The molecule has 2 N–H and O–H groups in total. The molecule has 1 aliphatic rings. The maximum atomic E-state index is 6.11. The number of aromatic nitrogens is 3. The van der Waals surface area contributed by atoms with Crippen LogP contribution in [0.4, 0.5) is 0 Å². The van der Waals surface area contributed by atoms with E-state index in [4.69, 9.17) is 10.6 Å². The van der Waals surface area contributed by atoms with Crippen LogP contribution < -0.4 is 5.84 Å². The molecule has 18 heavy (non-hydrogen) atoms. The van der Waals surface area contributed by atoms with Gasteiger partial charge in [0.1, 0.15) is 0 Å². The van der Waals surface area contributed by atoms with Gasteiger partial charge in [0, 0.05) is 24.4 Å². The Morgan fingerprint density at radius 3 is 2.83 bits per heavy atom. The molecular formula is C12H22N4OS. The van der Waals surface area contributed by atoms with Crippen molar-refractivity contribution in [1.82, 2.24) is 14.9 Å². The fourth-order valence-corrected chi connectivity index (χ4v) is 3.26. The second-order valence-corrected chi connectivity index (χ2v) is 6.22. The molecule has 0 amide bonds. The van der Waals surface area contributed by atoms with Gasteiger partial charge in [-0.15, -0.1) is 10.2 Å². The fraction of sp³-hybridized carbons (Fsp3) is 0.833. The summed E-state index contributed by atoms with van der Waals surface area (Å²) in [6.45, 7) is 5.99. The predicted octanol–water partition coefficient (Wildman–Crippen LogP) is 2.17. The zero-order valence-corrected chi connectivity index (χ0v) is 11.9. The van der Waals surface area contributed by atoms with Gasteiger partial charge in [-0.1, -0.05) is 32.0 Å². The molecule has 2 heterocycles. The first kappa shape index (κ1) is 13.7. The number of nitrogens with zero attached hydrogens (tertiary/aromatic N) is 3. The summed E-state index contributed by atoms with van der Waals surface area (Å²) in [5, 5.41) is 9.85. The van der Waals surface area contributed by atoms with Crippen LogP contribution in [-0.2, 0) is 4.74 Å². The van der Waals surface area contributed by atoms with E-state index >= 15 is 0 Å². The van der Waals surface area contributed by atoms with Crippen molar-refractivity contribution in [3.63, 3.8) is 0 Å². The van der Waals surface area contributed by atoms with Gasteiger partial charge in [0.15, 0.2) is 5.82 Å². The lowest BCUT2D eigenvalue weighted by Crippen LogP contribution is -2.22. The molecule has 0 aromatic carbocycles. The van der Waals surface area contributed by atoms with Crippen LogP contribution in [0, 0.1) is 0 Å².